The van der Waals surface area contributed by atoms with Crippen molar-refractivity contribution in [3.63, 3.8) is 0 Å². The molecule has 0 saturated carbocycles. The summed E-state index contributed by atoms with van der Waals surface area (Å²) >= 11 is 1.40. The number of rotatable bonds is 7. The maximum absolute atomic E-state index is 13.0. The highest BCUT2D eigenvalue weighted by Gasteiger charge is 2.38. The molecule has 1 saturated heterocycles. The largest absolute Gasteiger partial charge is 0.480 e. The number of hydrogen-bond acceptors (Lipinski definition) is 5. The van der Waals surface area contributed by atoms with Gasteiger partial charge in [0.1, 0.15) is 18.7 Å². The van der Waals surface area contributed by atoms with Crippen LogP contribution in [0.1, 0.15) is 36.8 Å². The molecule has 4 rings (SSSR count). The van der Waals surface area contributed by atoms with Crippen LogP contribution < -0.4 is 5.32 Å². The van der Waals surface area contributed by atoms with Crippen molar-refractivity contribution in [1.29, 1.82) is 0 Å². The Morgan fingerprint density at radius 3 is 2.34 bits per heavy atom. The molecular weight excluding hydrogens is 428 g/mol. The number of nitrogens with zero attached hydrogens (tertiary/aromatic N) is 1. The van der Waals surface area contributed by atoms with E-state index in [1.165, 1.54) is 16.7 Å². The molecular formula is C24H26N2O5S. The number of alkyl carbamates (subject to hydrolysis) is 1. The zero-order valence-corrected chi connectivity index (χ0v) is 18.6. The van der Waals surface area contributed by atoms with E-state index < -0.39 is 24.1 Å². The van der Waals surface area contributed by atoms with E-state index in [0.717, 1.165) is 22.3 Å². The van der Waals surface area contributed by atoms with Crippen LogP contribution in [0.5, 0.6) is 0 Å². The summed E-state index contributed by atoms with van der Waals surface area (Å²) in [7, 11) is 0. The number of benzene rings is 2. The van der Waals surface area contributed by atoms with Crippen LogP contribution in [0.4, 0.5) is 4.79 Å². The number of carbonyl (C=O) groups excluding carboxylic acids is 2. The summed E-state index contributed by atoms with van der Waals surface area (Å²) in [4.78, 5) is 38.4. The van der Waals surface area contributed by atoms with Gasteiger partial charge in [0.25, 0.3) is 0 Å². The van der Waals surface area contributed by atoms with Gasteiger partial charge in [-0.05, 0) is 28.7 Å². The molecule has 0 spiro atoms. The molecule has 2 aliphatic rings. The Bertz CT molecular complexity index is 981. The Hall–Kier alpha value is -3.00. The van der Waals surface area contributed by atoms with Crippen LogP contribution in [-0.4, -0.2) is 58.3 Å². The standard InChI is InChI=1S/C24H26N2O5S/c1-2-7-20(22(27)26-14-32-13-21(26)23(28)29)25-24(30)31-12-19-17-10-5-3-8-15(17)16-9-4-6-11-18(16)19/h3-6,8-11,19-21H,2,7,12-14H2,1H3,(H,25,30)(H,28,29)/t20?,21-/m0/s1. The maximum Gasteiger partial charge on any atom is 0.407 e. The fourth-order valence-corrected chi connectivity index (χ4v) is 5.55. The molecule has 8 heteroatoms. The molecule has 2 aromatic carbocycles. The van der Waals surface area contributed by atoms with Gasteiger partial charge in [-0.2, -0.15) is 0 Å². The number of hydrogen-bond donors (Lipinski definition) is 2. The van der Waals surface area contributed by atoms with Gasteiger partial charge in [-0.15, -0.1) is 11.8 Å². The smallest absolute Gasteiger partial charge is 0.407 e. The Kier molecular flexibility index (Phi) is 6.69. The third kappa shape index (κ3) is 4.32. The minimum absolute atomic E-state index is 0.0696. The van der Waals surface area contributed by atoms with Crippen molar-refractivity contribution < 1.29 is 24.2 Å². The van der Waals surface area contributed by atoms with E-state index in [1.807, 2.05) is 43.3 Å². The number of thioether (sulfide) groups is 1. The third-order valence-electron chi connectivity index (χ3n) is 5.96. The summed E-state index contributed by atoms with van der Waals surface area (Å²) in [5, 5.41) is 12.0. The predicted octanol–water partition coefficient (Wildman–Crippen LogP) is 3.68. The normalized spacial score (nSPS) is 18.0. The fraction of sp³-hybridized carbons (Fsp3) is 0.375. The molecule has 168 valence electrons. The second-order valence-electron chi connectivity index (χ2n) is 7.97. The van der Waals surface area contributed by atoms with E-state index in [1.54, 1.807) is 0 Å². The topological polar surface area (TPSA) is 95.9 Å². The quantitative estimate of drug-likeness (QED) is 0.663. The summed E-state index contributed by atoms with van der Waals surface area (Å²) in [6.45, 7) is 2.07. The highest BCUT2D eigenvalue weighted by Crippen LogP contribution is 2.44. The average Bonchev–Trinajstić information content (AvgIpc) is 3.40. The van der Waals surface area contributed by atoms with Crippen LogP contribution in [0.15, 0.2) is 48.5 Å². The lowest BCUT2D eigenvalue weighted by atomic mass is 9.98. The monoisotopic (exact) mass is 454 g/mol. The first-order valence-electron chi connectivity index (χ1n) is 10.7. The van der Waals surface area contributed by atoms with Crippen molar-refractivity contribution in [2.45, 2.75) is 37.8 Å². The first-order valence-corrected chi connectivity index (χ1v) is 11.9. The third-order valence-corrected chi connectivity index (χ3v) is 6.97. The molecule has 1 fully saturated rings. The first-order chi connectivity index (χ1) is 15.5. The first kappa shape index (κ1) is 22.2. The zero-order valence-electron chi connectivity index (χ0n) is 17.8. The molecule has 0 bridgehead atoms. The highest BCUT2D eigenvalue weighted by molar-refractivity contribution is 7.99. The van der Waals surface area contributed by atoms with Crippen LogP contribution >= 0.6 is 11.8 Å². The van der Waals surface area contributed by atoms with Gasteiger partial charge in [-0.3, -0.25) is 4.79 Å². The van der Waals surface area contributed by atoms with E-state index >= 15 is 0 Å². The molecule has 2 atom stereocenters. The number of ether oxygens (including phenoxy) is 1. The predicted molar refractivity (Wildman–Crippen MR) is 122 cm³/mol. The Morgan fingerprint density at radius 2 is 1.75 bits per heavy atom. The minimum atomic E-state index is -1.03. The van der Waals surface area contributed by atoms with Crippen LogP contribution in [0.3, 0.4) is 0 Å². The fourth-order valence-electron chi connectivity index (χ4n) is 4.39. The van der Waals surface area contributed by atoms with Gasteiger partial charge in [0, 0.05) is 11.7 Å². The molecule has 1 aliphatic heterocycles. The summed E-state index contributed by atoms with van der Waals surface area (Å²) in [5.74, 6) is -0.815. The highest BCUT2D eigenvalue weighted by atomic mass is 32.2. The number of nitrogens with one attached hydrogen (secondary N) is 1. The van der Waals surface area contributed by atoms with E-state index in [-0.39, 0.29) is 18.4 Å². The molecule has 32 heavy (non-hydrogen) atoms. The van der Waals surface area contributed by atoms with Gasteiger partial charge >= 0.3 is 12.1 Å². The minimum Gasteiger partial charge on any atom is -0.480 e. The van der Waals surface area contributed by atoms with Crippen LogP contribution in [0, 0.1) is 0 Å². The number of carbonyl (C=O) groups is 3. The molecule has 1 heterocycles. The molecule has 7 nitrogen and oxygen atoms in total. The van der Waals surface area contributed by atoms with Gasteiger partial charge in [-0.25, -0.2) is 9.59 Å². The lowest BCUT2D eigenvalue weighted by Gasteiger charge is -2.26. The maximum atomic E-state index is 13.0. The average molecular weight is 455 g/mol. The second kappa shape index (κ2) is 9.65. The van der Waals surface area contributed by atoms with E-state index in [4.69, 9.17) is 4.74 Å². The number of amides is 2. The van der Waals surface area contributed by atoms with E-state index in [9.17, 15) is 19.5 Å². The molecule has 0 radical (unpaired) electrons. The SMILES string of the molecule is CCCC(NC(=O)OCC1c2ccccc2-c2ccccc21)C(=O)N1CSC[C@H]1C(=O)O. The number of carboxylic acids is 1. The van der Waals surface area contributed by atoms with E-state index in [0.29, 0.717) is 24.5 Å². The molecule has 2 N–H and O–H groups in total. The van der Waals surface area contributed by atoms with Crippen molar-refractivity contribution in [3.8, 4) is 11.1 Å². The molecule has 2 aromatic rings. The molecule has 0 aromatic heterocycles. The van der Waals surface area contributed by atoms with E-state index in [2.05, 4.69) is 17.4 Å². The second-order valence-corrected chi connectivity index (χ2v) is 8.97. The van der Waals surface area contributed by atoms with Crippen LogP contribution in [0.2, 0.25) is 0 Å². The summed E-state index contributed by atoms with van der Waals surface area (Å²) in [5.41, 5.74) is 4.51. The van der Waals surface area contributed by atoms with Gasteiger partial charge < -0.3 is 20.1 Å². The molecule has 1 unspecified atom stereocenters. The van der Waals surface area contributed by atoms with Crippen molar-refractivity contribution in [3.05, 3.63) is 59.7 Å². The Labute approximate surface area is 191 Å². The summed E-state index contributed by atoms with van der Waals surface area (Å²) in [6.07, 6.45) is 0.410. The van der Waals surface area contributed by atoms with Crippen molar-refractivity contribution in [2.24, 2.45) is 0 Å². The summed E-state index contributed by atoms with van der Waals surface area (Å²) < 4.78 is 5.56. The van der Waals surface area contributed by atoms with Gasteiger partial charge in [-0.1, -0.05) is 61.9 Å². The van der Waals surface area contributed by atoms with Gasteiger partial charge in [0.15, 0.2) is 0 Å². The lowest BCUT2D eigenvalue weighted by Crippen LogP contribution is -2.52. The Balaban J connectivity index is 1.42. The van der Waals surface area contributed by atoms with Crippen molar-refractivity contribution >= 4 is 29.7 Å². The van der Waals surface area contributed by atoms with Crippen LogP contribution in [-0.2, 0) is 14.3 Å². The van der Waals surface area contributed by atoms with Crippen LogP contribution in [0.25, 0.3) is 11.1 Å². The summed E-state index contributed by atoms with van der Waals surface area (Å²) in [6, 6.07) is 14.5. The van der Waals surface area contributed by atoms with Crippen molar-refractivity contribution in [2.75, 3.05) is 18.2 Å². The number of fused-ring (bicyclic) bond motifs is 3. The lowest BCUT2D eigenvalue weighted by molar-refractivity contribution is -0.148. The Morgan fingerprint density at radius 1 is 1.12 bits per heavy atom. The zero-order chi connectivity index (χ0) is 22.7. The molecule has 1 aliphatic carbocycles. The number of aliphatic carboxylic acids is 1. The number of carboxylic acid groups (broad SMARTS) is 1. The molecule has 2 amide bonds. The van der Waals surface area contributed by atoms with Gasteiger partial charge in [0.2, 0.25) is 5.91 Å². The van der Waals surface area contributed by atoms with Gasteiger partial charge in [0.05, 0.1) is 5.88 Å². The van der Waals surface area contributed by atoms with Crippen molar-refractivity contribution in [1.82, 2.24) is 10.2 Å².